The van der Waals surface area contributed by atoms with Crippen molar-refractivity contribution in [3.05, 3.63) is 11.4 Å². The summed E-state index contributed by atoms with van der Waals surface area (Å²) in [5.74, 6) is 0.761. The molecule has 1 aliphatic heterocycles. The average molecular weight is 265 g/mol. The van der Waals surface area contributed by atoms with Crippen LogP contribution < -0.4 is 5.32 Å². The van der Waals surface area contributed by atoms with Crippen LogP contribution in [0.15, 0.2) is 0 Å². The van der Waals surface area contributed by atoms with E-state index in [-0.39, 0.29) is 5.91 Å². The van der Waals surface area contributed by atoms with Crippen molar-refractivity contribution >= 4 is 5.91 Å². The molecule has 19 heavy (non-hydrogen) atoms. The van der Waals surface area contributed by atoms with E-state index in [9.17, 15) is 4.79 Å². The third-order valence-electron chi connectivity index (χ3n) is 4.01. The number of hydrogen-bond acceptors (Lipinski definition) is 4. The number of rotatable bonds is 4. The highest BCUT2D eigenvalue weighted by Gasteiger charge is 2.26. The van der Waals surface area contributed by atoms with E-state index < -0.39 is 0 Å². The predicted octanol–water partition coefficient (Wildman–Crippen LogP) is 0.585. The number of nitrogens with one attached hydrogen (secondary N) is 1. The molecule has 0 aliphatic carbocycles. The van der Waals surface area contributed by atoms with Crippen LogP contribution in [0.3, 0.4) is 0 Å². The molecule has 1 amide bonds. The topological polar surface area (TPSA) is 63.1 Å². The monoisotopic (exact) mass is 265 g/mol. The highest BCUT2D eigenvalue weighted by Crippen LogP contribution is 2.21. The Morgan fingerprint density at radius 2 is 2.11 bits per heavy atom. The lowest BCUT2D eigenvalue weighted by Crippen LogP contribution is -2.39. The van der Waals surface area contributed by atoms with Crippen LogP contribution in [0.25, 0.3) is 0 Å². The number of amides is 1. The van der Waals surface area contributed by atoms with Gasteiger partial charge in [-0.05, 0) is 45.7 Å². The number of likely N-dealkylation sites (tertiary alicyclic amines) is 1. The number of hydrogen-bond donors (Lipinski definition) is 1. The molecule has 0 saturated carbocycles. The lowest BCUT2D eigenvalue weighted by molar-refractivity contribution is 0.0680. The summed E-state index contributed by atoms with van der Waals surface area (Å²) in [7, 11) is 3.79. The zero-order valence-corrected chi connectivity index (χ0v) is 12.0. The molecule has 106 valence electrons. The smallest absolute Gasteiger partial charge is 0.276 e. The quantitative estimate of drug-likeness (QED) is 0.865. The van der Waals surface area contributed by atoms with E-state index >= 15 is 0 Å². The summed E-state index contributed by atoms with van der Waals surface area (Å²) in [5, 5.41) is 11.1. The van der Waals surface area contributed by atoms with E-state index in [1.54, 1.807) is 4.68 Å². The first-order valence-electron chi connectivity index (χ1n) is 6.93. The van der Waals surface area contributed by atoms with Gasteiger partial charge < -0.3 is 10.2 Å². The highest BCUT2D eigenvalue weighted by atomic mass is 16.2. The number of aromatic nitrogens is 3. The molecule has 2 rings (SSSR count). The largest absolute Gasteiger partial charge is 0.337 e. The number of aryl methyl sites for hydroxylation is 1. The number of carbonyl (C=O) groups excluding carboxylic acids is 1. The maximum absolute atomic E-state index is 12.4. The van der Waals surface area contributed by atoms with Gasteiger partial charge in [0.1, 0.15) is 0 Å². The molecular formula is C13H23N5O. The van der Waals surface area contributed by atoms with Crippen LogP contribution >= 0.6 is 0 Å². The van der Waals surface area contributed by atoms with Crippen molar-refractivity contribution in [2.24, 2.45) is 13.0 Å². The first-order chi connectivity index (χ1) is 9.13. The molecular weight excluding hydrogens is 242 g/mol. The summed E-state index contributed by atoms with van der Waals surface area (Å²) in [6.45, 7) is 4.61. The molecule has 0 bridgehead atoms. The van der Waals surface area contributed by atoms with Gasteiger partial charge in [-0.3, -0.25) is 9.48 Å². The van der Waals surface area contributed by atoms with Gasteiger partial charge in [0.25, 0.3) is 5.91 Å². The van der Waals surface area contributed by atoms with Gasteiger partial charge in [0.15, 0.2) is 5.69 Å². The van der Waals surface area contributed by atoms with Crippen LogP contribution in [0, 0.1) is 12.8 Å². The SMILES string of the molecule is CNCCC1CCN(C(=O)c2nnn(C)c2C)CC1. The lowest BCUT2D eigenvalue weighted by atomic mass is 9.93. The fraction of sp³-hybridized carbons (Fsp3) is 0.769. The summed E-state index contributed by atoms with van der Waals surface area (Å²) >= 11 is 0. The van der Waals surface area contributed by atoms with Gasteiger partial charge in [0.05, 0.1) is 5.69 Å². The molecule has 0 unspecified atom stereocenters. The van der Waals surface area contributed by atoms with Gasteiger partial charge in [-0.25, -0.2) is 0 Å². The van der Waals surface area contributed by atoms with Crippen molar-refractivity contribution in [3.8, 4) is 0 Å². The Labute approximate surface area is 114 Å². The van der Waals surface area contributed by atoms with Crippen LogP contribution in [-0.2, 0) is 7.05 Å². The van der Waals surface area contributed by atoms with Crippen LogP contribution in [0.1, 0.15) is 35.4 Å². The minimum atomic E-state index is 0.0256. The summed E-state index contributed by atoms with van der Waals surface area (Å²) < 4.78 is 1.65. The molecule has 2 heterocycles. The molecule has 0 spiro atoms. The van der Waals surface area contributed by atoms with Crippen LogP contribution in [0.5, 0.6) is 0 Å². The summed E-state index contributed by atoms with van der Waals surface area (Å²) in [6.07, 6.45) is 3.38. The lowest BCUT2D eigenvalue weighted by Gasteiger charge is -2.31. The Kier molecular flexibility index (Phi) is 4.52. The van der Waals surface area contributed by atoms with E-state index in [1.165, 1.54) is 6.42 Å². The zero-order chi connectivity index (χ0) is 13.8. The third kappa shape index (κ3) is 3.12. The summed E-state index contributed by atoms with van der Waals surface area (Å²) in [4.78, 5) is 14.3. The van der Waals surface area contributed by atoms with Crippen LogP contribution in [0.2, 0.25) is 0 Å². The fourth-order valence-electron chi connectivity index (χ4n) is 2.52. The predicted molar refractivity (Wildman–Crippen MR) is 72.9 cm³/mol. The van der Waals surface area contributed by atoms with Gasteiger partial charge >= 0.3 is 0 Å². The minimum Gasteiger partial charge on any atom is -0.337 e. The van der Waals surface area contributed by atoms with E-state index in [2.05, 4.69) is 15.6 Å². The Morgan fingerprint density at radius 3 is 2.63 bits per heavy atom. The number of piperidine rings is 1. The Balaban J connectivity index is 1.91. The Hall–Kier alpha value is -1.43. The molecule has 6 nitrogen and oxygen atoms in total. The van der Waals surface area contributed by atoms with Gasteiger partial charge in [0, 0.05) is 20.1 Å². The molecule has 1 saturated heterocycles. The second kappa shape index (κ2) is 6.14. The van der Waals surface area contributed by atoms with Crippen molar-refractivity contribution in [2.45, 2.75) is 26.2 Å². The molecule has 1 aromatic rings. The van der Waals surface area contributed by atoms with E-state index in [1.807, 2.05) is 25.9 Å². The van der Waals surface area contributed by atoms with Crippen LogP contribution in [-0.4, -0.2) is 52.5 Å². The maximum Gasteiger partial charge on any atom is 0.276 e. The minimum absolute atomic E-state index is 0.0256. The second-order valence-corrected chi connectivity index (χ2v) is 5.27. The van der Waals surface area contributed by atoms with Crippen molar-refractivity contribution in [2.75, 3.05) is 26.7 Å². The zero-order valence-electron chi connectivity index (χ0n) is 12.0. The normalized spacial score (nSPS) is 16.9. The van der Waals surface area contributed by atoms with E-state index in [0.29, 0.717) is 5.69 Å². The fourth-order valence-corrected chi connectivity index (χ4v) is 2.52. The number of nitrogens with zero attached hydrogens (tertiary/aromatic N) is 4. The maximum atomic E-state index is 12.4. The van der Waals surface area contributed by atoms with Gasteiger partial charge in [-0.15, -0.1) is 5.10 Å². The van der Waals surface area contributed by atoms with Gasteiger partial charge in [-0.1, -0.05) is 5.21 Å². The first kappa shape index (κ1) is 14.0. The molecule has 1 aromatic heterocycles. The summed E-state index contributed by atoms with van der Waals surface area (Å²) in [6, 6.07) is 0. The Morgan fingerprint density at radius 1 is 1.42 bits per heavy atom. The first-order valence-corrected chi connectivity index (χ1v) is 6.93. The van der Waals surface area contributed by atoms with Crippen molar-refractivity contribution in [3.63, 3.8) is 0 Å². The average Bonchev–Trinajstić information content (AvgIpc) is 2.76. The number of carbonyl (C=O) groups is 1. The molecule has 6 heteroatoms. The van der Waals surface area contributed by atoms with E-state index in [0.717, 1.165) is 44.1 Å². The van der Waals surface area contributed by atoms with Crippen LogP contribution in [0.4, 0.5) is 0 Å². The van der Waals surface area contributed by atoms with Crippen molar-refractivity contribution in [1.82, 2.24) is 25.2 Å². The van der Waals surface area contributed by atoms with Gasteiger partial charge in [-0.2, -0.15) is 0 Å². The van der Waals surface area contributed by atoms with E-state index in [4.69, 9.17) is 0 Å². The molecule has 1 N–H and O–H groups in total. The highest BCUT2D eigenvalue weighted by molar-refractivity contribution is 5.93. The van der Waals surface area contributed by atoms with Crippen molar-refractivity contribution in [1.29, 1.82) is 0 Å². The summed E-state index contributed by atoms with van der Waals surface area (Å²) in [5.41, 5.74) is 1.33. The third-order valence-corrected chi connectivity index (χ3v) is 4.01. The van der Waals surface area contributed by atoms with Gasteiger partial charge in [0.2, 0.25) is 0 Å². The second-order valence-electron chi connectivity index (χ2n) is 5.27. The molecule has 0 atom stereocenters. The standard InChI is InChI=1S/C13H23N5O/c1-10-12(15-16-17(10)3)13(19)18-8-5-11(6-9-18)4-7-14-2/h11,14H,4-9H2,1-3H3. The molecule has 0 radical (unpaired) electrons. The molecule has 0 aromatic carbocycles. The van der Waals surface area contributed by atoms with Crippen molar-refractivity contribution < 1.29 is 4.79 Å². The molecule has 1 aliphatic rings. The Bertz CT molecular complexity index is 434. The molecule has 1 fully saturated rings.